The van der Waals surface area contributed by atoms with Gasteiger partial charge in [0.25, 0.3) is 0 Å². The molecule has 1 unspecified atom stereocenters. The minimum absolute atomic E-state index is 0.0526. The highest BCUT2D eigenvalue weighted by Crippen LogP contribution is 2.35. The van der Waals surface area contributed by atoms with E-state index in [2.05, 4.69) is 30.9 Å². The Labute approximate surface area is 150 Å². The molecule has 138 valence electrons. The number of ether oxygens (including phenoxy) is 2. The molecule has 0 saturated carbocycles. The third-order valence-electron chi connectivity index (χ3n) is 5.27. The summed E-state index contributed by atoms with van der Waals surface area (Å²) in [6.07, 6.45) is 1.07. The molecule has 5 heteroatoms. The highest BCUT2D eigenvalue weighted by molar-refractivity contribution is 5.78. The van der Waals surface area contributed by atoms with Crippen LogP contribution < -0.4 is 4.74 Å². The number of amides is 1. The fourth-order valence-electron chi connectivity index (χ4n) is 3.98. The van der Waals surface area contributed by atoms with Crippen molar-refractivity contribution in [1.29, 1.82) is 0 Å². The molecule has 2 fully saturated rings. The molecule has 0 bridgehead atoms. The first-order chi connectivity index (χ1) is 12.0. The first kappa shape index (κ1) is 18.2. The van der Waals surface area contributed by atoms with Crippen LogP contribution >= 0.6 is 0 Å². The Morgan fingerprint density at radius 3 is 2.84 bits per heavy atom. The van der Waals surface area contributed by atoms with Gasteiger partial charge in [0, 0.05) is 36.7 Å². The molecule has 1 aromatic carbocycles. The first-order valence-electron chi connectivity index (χ1n) is 9.33. The summed E-state index contributed by atoms with van der Waals surface area (Å²) in [4.78, 5) is 16.7. The van der Waals surface area contributed by atoms with E-state index in [0.29, 0.717) is 13.2 Å². The lowest BCUT2D eigenvalue weighted by Crippen LogP contribution is -2.45. The fraction of sp³-hybridized carbons (Fsp3) is 0.650. The Morgan fingerprint density at radius 2 is 2.08 bits per heavy atom. The average Bonchev–Trinajstić information content (AvgIpc) is 2.89. The molecular weight excluding hydrogens is 316 g/mol. The van der Waals surface area contributed by atoms with E-state index in [1.165, 1.54) is 5.56 Å². The van der Waals surface area contributed by atoms with Crippen LogP contribution in [-0.4, -0.2) is 61.2 Å². The summed E-state index contributed by atoms with van der Waals surface area (Å²) in [5, 5.41) is 0. The summed E-state index contributed by atoms with van der Waals surface area (Å²) < 4.78 is 11.5. The van der Waals surface area contributed by atoms with Crippen LogP contribution in [0.3, 0.4) is 0 Å². The van der Waals surface area contributed by atoms with E-state index in [1.54, 1.807) is 0 Å². The largest absolute Gasteiger partial charge is 0.494 e. The summed E-state index contributed by atoms with van der Waals surface area (Å²) in [5.41, 5.74) is 1.28. The van der Waals surface area contributed by atoms with Crippen molar-refractivity contribution in [2.75, 3.05) is 39.5 Å². The van der Waals surface area contributed by atoms with Crippen molar-refractivity contribution in [2.24, 2.45) is 5.41 Å². The number of nitrogens with zero attached hydrogens (tertiary/aromatic N) is 2. The van der Waals surface area contributed by atoms with Gasteiger partial charge in [-0.3, -0.25) is 9.69 Å². The van der Waals surface area contributed by atoms with Crippen LogP contribution in [0, 0.1) is 5.41 Å². The summed E-state index contributed by atoms with van der Waals surface area (Å²) in [5.74, 6) is 1.09. The van der Waals surface area contributed by atoms with Crippen LogP contribution in [0.4, 0.5) is 0 Å². The predicted molar refractivity (Wildman–Crippen MR) is 97.6 cm³/mol. The van der Waals surface area contributed by atoms with E-state index in [-0.39, 0.29) is 24.0 Å². The standard InChI is InChI=1S/C20H30N2O3/c1-4-25-18-8-6-5-7-17(18)11-21-10-9-20(13-21)14-22(16(2)3)19(23)12-24-15-20/h5-8,16H,4,9-15H2,1-3H3. The van der Waals surface area contributed by atoms with Crippen LogP contribution in [0.5, 0.6) is 5.75 Å². The lowest BCUT2D eigenvalue weighted by Gasteiger charge is -2.34. The molecule has 0 aliphatic carbocycles. The topological polar surface area (TPSA) is 42.0 Å². The second-order valence-corrected chi connectivity index (χ2v) is 7.61. The molecule has 1 atom stereocenters. The van der Waals surface area contributed by atoms with Crippen molar-refractivity contribution < 1.29 is 14.3 Å². The van der Waals surface area contributed by atoms with Crippen molar-refractivity contribution in [3.05, 3.63) is 29.8 Å². The van der Waals surface area contributed by atoms with Crippen LogP contribution in [0.2, 0.25) is 0 Å². The fourth-order valence-corrected chi connectivity index (χ4v) is 3.98. The van der Waals surface area contributed by atoms with Gasteiger partial charge in [0.15, 0.2) is 0 Å². The second kappa shape index (κ2) is 7.75. The third-order valence-corrected chi connectivity index (χ3v) is 5.27. The monoisotopic (exact) mass is 346 g/mol. The van der Waals surface area contributed by atoms with E-state index in [0.717, 1.165) is 38.3 Å². The Bertz CT molecular complexity index is 604. The molecule has 1 spiro atoms. The van der Waals surface area contributed by atoms with E-state index < -0.39 is 0 Å². The summed E-state index contributed by atoms with van der Waals surface area (Å²) in [6, 6.07) is 8.49. The summed E-state index contributed by atoms with van der Waals surface area (Å²) >= 11 is 0. The maximum Gasteiger partial charge on any atom is 0.248 e. The van der Waals surface area contributed by atoms with Crippen molar-refractivity contribution in [3.63, 3.8) is 0 Å². The molecular formula is C20H30N2O3. The number of carbonyl (C=O) groups excluding carboxylic acids is 1. The van der Waals surface area contributed by atoms with Crippen molar-refractivity contribution in [1.82, 2.24) is 9.80 Å². The number of para-hydroxylation sites is 1. The minimum Gasteiger partial charge on any atom is -0.494 e. The highest BCUT2D eigenvalue weighted by Gasteiger charge is 2.43. The van der Waals surface area contributed by atoms with Gasteiger partial charge in [-0.25, -0.2) is 0 Å². The molecule has 0 radical (unpaired) electrons. The molecule has 2 saturated heterocycles. The number of rotatable bonds is 5. The van der Waals surface area contributed by atoms with Crippen molar-refractivity contribution >= 4 is 5.91 Å². The van der Waals surface area contributed by atoms with E-state index in [4.69, 9.17) is 9.47 Å². The molecule has 1 aromatic rings. The molecule has 0 aromatic heterocycles. The van der Waals surface area contributed by atoms with Gasteiger partial charge in [-0.05, 0) is 39.8 Å². The van der Waals surface area contributed by atoms with Crippen LogP contribution in [-0.2, 0) is 16.1 Å². The van der Waals surface area contributed by atoms with E-state index >= 15 is 0 Å². The zero-order chi connectivity index (χ0) is 17.9. The number of carbonyl (C=O) groups is 1. The van der Waals surface area contributed by atoms with Crippen LogP contribution in [0.25, 0.3) is 0 Å². The Morgan fingerprint density at radius 1 is 1.28 bits per heavy atom. The lowest BCUT2D eigenvalue weighted by molar-refractivity contribution is -0.135. The Balaban J connectivity index is 1.69. The molecule has 3 rings (SSSR count). The maximum atomic E-state index is 12.3. The van der Waals surface area contributed by atoms with Gasteiger partial charge in [-0.1, -0.05) is 18.2 Å². The molecule has 2 heterocycles. The number of hydrogen-bond donors (Lipinski definition) is 0. The van der Waals surface area contributed by atoms with Gasteiger partial charge in [-0.15, -0.1) is 0 Å². The molecule has 2 aliphatic rings. The number of hydrogen-bond acceptors (Lipinski definition) is 4. The van der Waals surface area contributed by atoms with Gasteiger partial charge in [-0.2, -0.15) is 0 Å². The SMILES string of the molecule is CCOc1ccccc1CN1CCC2(COCC(=O)N(C(C)C)C2)C1. The van der Waals surface area contributed by atoms with E-state index in [1.807, 2.05) is 24.0 Å². The van der Waals surface area contributed by atoms with Gasteiger partial charge in [0.1, 0.15) is 12.4 Å². The quantitative estimate of drug-likeness (QED) is 0.822. The Kier molecular flexibility index (Phi) is 5.64. The van der Waals surface area contributed by atoms with Gasteiger partial charge >= 0.3 is 0 Å². The number of benzene rings is 1. The molecule has 25 heavy (non-hydrogen) atoms. The highest BCUT2D eigenvalue weighted by atomic mass is 16.5. The summed E-state index contributed by atoms with van der Waals surface area (Å²) in [6.45, 7) is 11.4. The zero-order valence-corrected chi connectivity index (χ0v) is 15.7. The van der Waals surface area contributed by atoms with E-state index in [9.17, 15) is 4.79 Å². The first-order valence-corrected chi connectivity index (χ1v) is 9.33. The van der Waals surface area contributed by atoms with Gasteiger partial charge in [0.05, 0.1) is 13.2 Å². The van der Waals surface area contributed by atoms with Crippen LogP contribution in [0.15, 0.2) is 24.3 Å². The summed E-state index contributed by atoms with van der Waals surface area (Å²) in [7, 11) is 0. The van der Waals surface area contributed by atoms with Gasteiger partial charge in [0.2, 0.25) is 5.91 Å². The van der Waals surface area contributed by atoms with Crippen LogP contribution in [0.1, 0.15) is 32.8 Å². The predicted octanol–water partition coefficient (Wildman–Crippen LogP) is 2.54. The Hall–Kier alpha value is -1.59. The van der Waals surface area contributed by atoms with Crippen molar-refractivity contribution in [3.8, 4) is 5.75 Å². The third kappa shape index (κ3) is 4.15. The van der Waals surface area contributed by atoms with Crippen molar-refractivity contribution in [2.45, 2.75) is 39.8 Å². The smallest absolute Gasteiger partial charge is 0.248 e. The second-order valence-electron chi connectivity index (χ2n) is 7.61. The minimum atomic E-state index is 0.0526. The van der Waals surface area contributed by atoms with Gasteiger partial charge < -0.3 is 14.4 Å². The average molecular weight is 346 g/mol. The normalized spacial score (nSPS) is 25.0. The molecule has 5 nitrogen and oxygen atoms in total. The zero-order valence-electron chi connectivity index (χ0n) is 15.7. The molecule has 0 N–H and O–H groups in total. The molecule has 2 aliphatic heterocycles. The number of likely N-dealkylation sites (tertiary alicyclic amines) is 1. The molecule has 1 amide bonds. The lowest BCUT2D eigenvalue weighted by atomic mass is 9.87. The maximum absolute atomic E-state index is 12.3.